The molecule has 21 heavy (non-hydrogen) atoms. The summed E-state index contributed by atoms with van der Waals surface area (Å²) in [6.45, 7) is 4.15. The van der Waals surface area contributed by atoms with Crippen molar-refractivity contribution in [3.8, 4) is 11.1 Å². The first-order valence-corrected chi connectivity index (χ1v) is 7.13. The topological polar surface area (TPSA) is 13.1 Å². The molecule has 1 heterocycles. The summed E-state index contributed by atoms with van der Waals surface area (Å²) >= 11 is 0. The number of fused-ring (bicyclic) bond motifs is 1. The fourth-order valence-electron chi connectivity index (χ4n) is 2.44. The highest BCUT2D eigenvalue weighted by molar-refractivity contribution is 5.93. The molecule has 0 aliphatic carbocycles. The molecule has 1 heteroatoms. The first-order valence-electron chi connectivity index (χ1n) is 7.13. The van der Waals surface area contributed by atoms with E-state index in [1.54, 1.807) is 0 Å². The van der Waals surface area contributed by atoms with Gasteiger partial charge in [-0.15, -0.1) is 0 Å². The van der Waals surface area contributed by atoms with Crippen molar-refractivity contribution >= 4 is 11.0 Å². The van der Waals surface area contributed by atoms with E-state index in [4.69, 9.17) is 4.42 Å². The van der Waals surface area contributed by atoms with E-state index in [2.05, 4.69) is 67.6 Å². The largest absolute Gasteiger partial charge is 0.463 e. The minimum Gasteiger partial charge on any atom is -0.463 e. The highest BCUT2D eigenvalue weighted by Crippen LogP contribution is 2.28. The van der Waals surface area contributed by atoms with Gasteiger partial charge in [0, 0.05) is 10.9 Å². The summed E-state index contributed by atoms with van der Waals surface area (Å²) in [5, 5.41) is 1.13. The molecule has 1 aromatic heterocycles. The summed E-state index contributed by atoms with van der Waals surface area (Å²) < 4.78 is 6.02. The minimum atomic E-state index is 0.917. The Morgan fingerprint density at radius 3 is 2.29 bits per heavy atom. The van der Waals surface area contributed by atoms with Crippen molar-refractivity contribution in [2.24, 2.45) is 0 Å². The molecular weight excluding hydrogens is 256 g/mol. The molecule has 0 aliphatic rings. The lowest BCUT2D eigenvalue weighted by molar-refractivity contribution is 0.603. The lowest BCUT2D eigenvalue weighted by atomic mass is 10.0. The van der Waals surface area contributed by atoms with Gasteiger partial charge in [-0.3, -0.25) is 0 Å². The van der Waals surface area contributed by atoms with Crippen LogP contribution >= 0.6 is 0 Å². The van der Waals surface area contributed by atoms with E-state index in [0.29, 0.717) is 0 Å². The number of rotatable bonds is 1. The van der Waals surface area contributed by atoms with Crippen LogP contribution in [0.5, 0.6) is 0 Å². The summed E-state index contributed by atoms with van der Waals surface area (Å²) in [6, 6.07) is 22.9. The van der Waals surface area contributed by atoms with Crippen molar-refractivity contribution in [2.45, 2.75) is 13.8 Å². The Kier molecular flexibility index (Phi) is 3.74. The molecule has 0 aliphatic heterocycles. The van der Waals surface area contributed by atoms with Gasteiger partial charge < -0.3 is 4.42 Å². The maximum Gasteiger partial charge on any atom is 0.141 e. The van der Waals surface area contributed by atoms with Gasteiger partial charge in [-0.2, -0.15) is 0 Å². The quantitative estimate of drug-likeness (QED) is 0.543. The van der Waals surface area contributed by atoms with E-state index in [-0.39, 0.29) is 0 Å². The third kappa shape index (κ3) is 2.82. The van der Waals surface area contributed by atoms with Gasteiger partial charge >= 0.3 is 0 Å². The Hall–Kier alpha value is -2.54. The van der Waals surface area contributed by atoms with Crippen LogP contribution in [0.25, 0.3) is 22.1 Å². The molecule has 0 unspecified atom stereocenters. The van der Waals surface area contributed by atoms with Gasteiger partial charge in [0.1, 0.15) is 5.58 Å². The van der Waals surface area contributed by atoms with Crippen molar-refractivity contribution in [2.75, 3.05) is 0 Å². The van der Waals surface area contributed by atoms with Crippen LogP contribution in [-0.2, 0) is 0 Å². The minimum absolute atomic E-state index is 0.917. The van der Waals surface area contributed by atoms with Crippen LogP contribution in [0.2, 0.25) is 0 Å². The lowest BCUT2D eigenvalue weighted by Crippen LogP contribution is -1.81. The fraction of sp³-hybridized carbons (Fsp3) is 0.100. The molecule has 0 fully saturated rings. The smallest absolute Gasteiger partial charge is 0.141 e. The van der Waals surface area contributed by atoms with E-state index in [9.17, 15) is 0 Å². The predicted molar refractivity (Wildman–Crippen MR) is 88.8 cm³/mol. The molecule has 104 valence electrons. The van der Waals surface area contributed by atoms with Crippen LogP contribution in [0.1, 0.15) is 11.1 Å². The Morgan fingerprint density at radius 2 is 1.48 bits per heavy atom. The Bertz CT molecular complexity index is 812. The molecule has 0 N–H and O–H groups in total. The summed E-state index contributed by atoms with van der Waals surface area (Å²) in [4.78, 5) is 0. The van der Waals surface area contributed by atoms with Gasteiger partial charge in [-0.1, -0.05) is 66.7 Å². The first kappa shape index (κ1) is 13.4. The predicted octanol–water partition coefficient (Wildman–Crippen LogP) is 5.84. The maximum atomic E-state index is 6.02. The number of benzene rings is 2. The van der Waals surface area contributed by atoms with Crippen LogP contribution in [0.15, 0.2) is 77.4 Å². The molecule has 3 rings (SSSR count). The molecule has 0 amide bonds. The summed E-state index contributed by atoms with van der Waals surface area (Å²) in [6.07, 6.45) is 1.81. The zero-order valence-corrected chi connectivity index (χ0v) is 12.3. The fourth-order valence-corrected chi connectivity index (χ4v) is 2.44. The molecular formula is C20H18O. The Morgan fingerprint density at radius 1 is 0.714 bits per heavy atom. The average molecular weight is 274 g/mol. The number of para-hydroxylation sites is 1. The third-order valence-electron chi connectivity index (χ3n) is 3.59. The maximum absolute atomic E-state index is 6.02. The molecule has 1 nitrogen and oxygen atoms in total. The molecule has 2 aromatic carbocycles. The van der Waals surface area contributed by atoms with E-state index < -0.39 is 0 Å². The van der Waals surface area contributed by atoms with Crippen LogP contribution in [-0.4, -0.2) is 0 Å². The van der Waals surface area contributed by atoms with Crippen LogP contribution in [0.3, 0.4) is 0 Å². The van der Waals surface area contributed by atoms with Gasteiger partial charge in [-0.25, -0.2) is 0 Å². The van der Waals surface area contributed by atoms with E-state index >= 15 is 0 Å². The number of hydrogen-bond donors (Lipinski definition) is 0. The monoisotopic (exact) mass is 274 g/mol. The van der Waals surface area contributed by atoms with Crippen molar-refractivity contribution in [1.82, 2.24) is 0 Å². The summed E-state index contributed by atoms with van der Waals surface area (Å²) in [5.41, 5.74) is 5.49. The van der Waals surface area contributed by atoms with Crippen LogP contribution in [0.4, 0.5) is 0 Å². The van der Waals surface area contributed by atoms with Gasteiger partial charge in [-0.05, 0) is 30.5 Å². The second-order valence-electron chi connectivity index (χ2n) is 5.24. The molecule has 0 atom stereocenters. The zero-order valence-electron chi connectivity index (χ0n) is 12.3. The Balaban J connectivity index is 2.43. The molecule has 0 radical (unpaired) electrons. The van der Waals surface area contributed by atoms with Crippen molar-refractivity contribution in [3.63, 3.8) is 0 Å². The standard InChI is InChI=1S/C20H18O/c1-15-8-6-9-16(2)18-12-7-13-19(20(18)21-14-15)17-10-4-3-5-11-17/h3-14H,1-2H3. The van der Waals surface area contributed by atoms with E-state index in [1.807, 2.05) is 19.3 Å². The Labute approximate surface area is 125 Å². The zero-order chi connectivity index (χ0) is 14.7. The second kappa shape index (κ2) is 5.84. The third-order valence-corrected chi connectivity index (χ3v) is 3.59. The molecule has 3 aromatic rings. The van der Waals surface area contributed by atoms with Gasteiger partial charge in [0.15, 0.2) is 0 Å². The molecule has 0 bridgehead atoms. The van der Waals surface area contributed by atoms with Crippen molar-refractivity contribution in [3.05, 3.63) is 84.1 Å². The van der Waals surface area contributed by atoms with E-state index in [1.165, 1.54) is 11.1 Å². The summed E-state index contributed by atoms with van der Waals surface area (Å²) in [5.74, 6) is 0. The van der Waals surface area contributed by atoms with Crippen LogP contribution in [0, 0.1) is 13.8 Å². The average Bonchev–Trinajstić information content (AvgIpc) is 2.59. The van der Waals surface area contributed by atoms with Crippen molar-refractivity contribution < 1.29 is 4.42 Å². The normalized spacial score (nSPS) is 10.4. The SMILES string of the molecule is Cc1cccc(C)c2cccc(-c3ccccc3)c2oc1. The molecule has 0 saturated heterocycles. The molecule has 0 spiro atoms. The van der Waals surface area contributed by atoms with Gasteiger partial charge in [0.25, 0.3) is 0 Å². The molecule has 0 saturated carbocycles. The summed E-state index contributed by atoms with van der Waals surface area (Å²) in [7, 11) is 0. The highest BCUT2D eigenvalue weighted by Gasteiger charge is 2.05. The lowest BCUT2D eigenvalue weighted by Gasteiger charge is -2.05. The first-order chi connectivity index (χ1) is 10.3. The second-order valence-corrected chi connectivity index (χ2v) is 5.24. The van der Waals surface area contributed by atoms with Gasteiger partial charge in [0.05, 0.1) is 6.26 Å². The number of hydrogen-bond acceptors (Lipinski definition) is 1. The van der Waals surface area contributed by atoms with Crippen LogP contribution < -0.4 is 0 Å². The van der Waals surface area contributed by atoms with E-state index in [0.717, 1.165) is 22.1 Å². The highest BCUT2D eigenvalue weighted by atomic mass is 16.3. The van der Waals surface area contributed by atoms with Gasteiger partial charge in [0.2, 0.25) is 0 Å². The van der Waals surface area contributed by atoms with Crippen molar-refractivity contribution in [1.29, 1.82) is 0 Å². The number of aryl methyl sites for hydroxylation is 2.